The largest absolute Gasteiger partial charge is 0.481 e. The first kappa shape index (κ1) is 32.6. The van der Waals surface area contributed by atoms with Crippen LogP contribution in [0, 0.1) is 5.92 Å². The summed E-state index contributed by atoms with van der Waals surface area (Å²) >= 11 is 0. The van der Waals surface area contributed by atoms with Crippen LogP contribution in [0.15, 0.2) is 138 Å². The van der Waals surface area contributed by atoms with Crippen LogP contribution in [0.1, 0.15) is 36.0 Å². The van der Waals surface area contributed by atoms with Crippen molar-refractivity contribution < 1.29 is 32.4 Å². The van der Waals surface area contributed by atoms with Crippen LogP contribution in [0.4, 0.5) is 0 Å². The molecule has 0 aliphatic carbocycles. The fourth-order valence-electron chi connectivity index (χ4n) is 5.81. The van der Waals surface area contributed by atoms with Crippen LogP contribution >= 0.6 is 0 Å². The number of hydrogen-bond acceptors (Lipinski definition) is 6. The molecule has 0 unspecified atom stereocenters. The molecule has 5 rings (SSSR count). The van der Waals surface area contributed by atoms with E-state index < -0.39 is 39.6 Å². The van der Waals surface area contributed by atoms with Gasteiger partial charge in [-0.1, -0.05) is 121 Å². The number of nitrogens with one attached hydrogen (secondary N) is 1. The molecule has 0 aliphatic heterocycles. The molecule has 0 saturated carbocycles. The lowest BCUT2D eigenvalue weighted by Crippen LogP contribution is -2.53. The summed E-state index contributed by atoms with van der Waals surface area (Å²) in [7, 11) is -4.08. The Morgan fingerprint density at radius 2 is 1.17 bits per heavy atom. The highest BCUT2D eigenvalue weighted by Gasteiger charge is 2.41. The predicted molar refractivity (Wildman–Crippen MR) is 176 cm³/mol. The van der Waals surface area contributed by atoms with Crippen LogP contribution in [0.5, 0.6) is 0 Å². The van der Waals surface area contributed by atoms with Crippen molar-refractivity contribution in [3.63, 3.8) is 0 Å². The van der Waals surface area contributed by atoms with Gasteiger partial charge < -0.3 is 10.2 Å². The topological polar surface area (TPSA) is 130 Å². The fourth-order valence-corrected chi connectivity index (χ4v) is 6.79. The van der Waals surface area contributed by atoms with E-state index in [1.54, 1.807) is 12.1 Å². The number of hydrogen-bond donors (Lipinski definition) is 3. The van der Waals surface area contributed by atoms with E-state index >= 15 is 0 Å². The van der Waals surface area contributed by atoms with Gasteiger partial charge in [-0.05, 0) is 58.9 Å². The van der Waals surface area contributed by atoms with Crippen LogP contribution in [0.2, 0.25) is 0 Å². The molecule has 5 aromatic carbocycles. The fraction of sp³-hybridized carbons (Fsp3) is 0.189. The lowest BCUT2D eigenvalue weighted by Gasteiger charge is -2.39. The second-order valence-corrected chi connectivity index (χ2v) is 12.7. The first-order valence-corrected chi connectivity index (χ1v) is 16.4. The van der Waals surface area contributed by atoms with Crippen molar-refractivity contribution in [1.29, 1.82) is 0 Å². The van der Waals surface area contributed by atoms with Crippen molar-refractivity contribution in [1.82, 2.24) is 5.32 Å². The minimum atomic E-state index is -4.08. The van der Waals surface area contributed by atoms with E-state index in [9.17, 15) is 28.2 Å². The molecule has 0 radical (unpaired) electrons. The summed E-state index contributed by atoms with van der Waals surface area (Å²) in [4.78, 5) is 25.2. The van der Waals surface area contributed by atoms with E-state index in [-0.39, 0.29) is 30.8 Å². The molecule has 46 heavy (non-hydrogen) atoms. The van der Waals surface area contributed by atoms with Crippen LogP contribution in [0.25, 0.3) is 10.8 Å². The highest BCUT2D eigenvalue weighted by Crippen LogP contribution is 2.38. The van der Waals surface area contributed by atoms with E-state index in [4.69, 9.17) is 4.18 Å². The molecule has 3 N–H and O–H groups in total. The molecule has 236 valence electrons. The summed E-state index contributed by atoms with van der Waals surface area (Å²) in [6.45, 7) is -0.244. The van der Waals surface area contributed by atoms with E-state index in [0.29, 0.717) is 0 Å². The molecule has 2 atom stereocenters. The third-order valence-corrected chi connectivity index (χ3v) is 9.43. The molecular formula is C37H35NO7S. The predicted octanol–water partition coefficient (Wildman–Crippen LogP) is 6.45. The summed E-state index contributed by atoms with van der Waals surface area (Å²) in [6, 6.07) is 39.1. The Morgan fingerprint density at radius 1 is 0.674 bits per heavy atom. The van der Waals surface area contributed by atoms with Crippen molar-refractivity contribution in [3.05, 3.63) is 150 Å². The van der Waals surface area contributed by atoms with Gasteiger partial charge >= 0.3 is 11.9 Å². The van der Waals surface area contributed by atoms with Crippen molar-refractivity contribution in [2.45, 2.75) is 35.7 Å². The summed E-state index contributed by atoms with van der Waals surface area (Å²) < 4.78 is 31.0. The van der Waals surface area contributed by atoms with Gasteiger partial charge in [0.25, 0.3) is 10.1 Å². The van der Waals surface area contributed by atoms with Crippen molar-refractivity contribution in [3.8, 4) is 0 Å². The standard InChI is InChI=1S/C37H35NO7S/c39-35(40)29(15-12-24-45-46(43,44)33-23-22-27-13-10-11-14-28(27)25-33)26-34(36(41)42)38-37(30-16-4-1-5-17-30,31-18-6-2-7-19-31)32-20-8-3-9-21-32/h1-11,13-14,16-23,25,29,34,38H,12,15,24,26H2,(H,39,40)(H,41,42)/t29-,34+/m0/s1. The van der Waals surface area contributed by atoms with Gasteiger partial charge in [-0.3, -0.25) is 19.1 Å². The van der Waals surface area contributed by atoms with Crippen LogP contribution in [-0.4, -0.2) is 43.2 Å². The number of fused-ring (bicyclic) bond motifs is 1. The van der Waals surface area contributed by atoms with Gasteiger partial charge in [0.15, 0.2) is 0 Å². The molecular weight excluding hydrogens is 602 g/mol. The molecule has 0 amide bonds. The minimum Gasteiger partial charge on any atom is -0.481 e. The number of carbonyl (C=O) groups is 2. The lowest BCUT2D eigenvalue weighted by molar-refractivity contribution is -0.144. The van der Waals surface area contributed by atoms with Gasteiger partial charge in [0.05, 0.1) is 23.0 Å². The second kappa shape index (κ2) is 14.5. The van der Waals surface area contributed by atoms with E-state index in [1.807, 2.05) is 109 Å². The van der Waals surface area contributed by atoms with Crippen LogP contribution in [0.3, 0.4) is 0 Å². The molecule has 0 saturated heterocycles. The molecule has 0 fully saturated rings. The zero-order chi connectivity index (χ0) is 32.6. The molecule has 0 bridgehead atoms. The second-order valence-electron chi connectivity index (χ2n) is 11.1. The van der Waals surface area contributed by atoms with E-state index in [1.165, 1.54) is 12.1 Å². The van der Waals surface area contributed by atoms with Gasteiger partial charge in [0.2, 0.25) is 0 Å². The van der Waals surface area contributed by atoms with Crippen molar-refractivity contribution in [2.75, 3.05) is 6.61 Å². The van der Waals surface area contributed by atoms with Gasteiger partial charge in [-0.2, -0.15) is 8.42 Å². The maximum atomic E-state index is 12.9. The first-order valence-electron chi connectivity index (χ1n) is 15.0. The van der Waals surface area contributed by atoms with Crippen molar-refractivity contribution in [2.24, 2.45) is 5.92 Å². The van der Waals surface area contributed by atoms with Crippen LogP contribution in [-0.2, 0) is 29.4 Å². The molecule has 0 aliphatic rings. The zero-order valence-electron chi connectivity index (χ0n) is 25.0. The monoisotopic (exact) mass is 637 g/mol. The quantitative estimate of drug-likeness (QED) is 0.0679. The normalized spacial score (nSPS) is 13.2. The number of carboxylic acid groups (broad SMARTS) is 2. The summed E-state index contributed by atoms with van der Waals surface area (Å²) in [6.07, 6.45) is -0.128. The van der Waals surface area contributed by atoms with Crippen molar-refractivity contribution >= 4 is 32.8 Å². The average Bonchev–Trinajstić information content (AvgIpc) is 3.08. The number of benzene rings is 5. The molecule has 0 spiro atoms. The molecule has 0 heterocycles. The Labute approximate surface area is 268 Å². The lowest BCUT2D eigenvalue weighted by atomic mass is 9.76. The molecule has 8 nitrogen and oxygen atoms in total. The maximum Gasteiger partial charge on any atom is 0.320 e. The highest BCUT2D eigenvalue weighted by molar-refractivity contribution is 7.86. The minimum absolute atomic E-state index is 0.00945. The molecule has 0 aromatic heterocycles. The van der Waals surface area contributed by atoms with Gasteiger partial charge in [0.1, 0.15) is 6.04 Å². The Balaban J connectivity index is 1.36. The number of rotatable bonds is 15. The average molecular weight is 638 g/mol. The van der Waals surface area contributed by atoms with Crippen LogP contribution < -0.4 is 5.32 Å². The smallest absolute Gasteiger partial charge is 0.320 e. The molecule has 9 heteroatoms. The SMILES string of the molecule is O=C(O)[C@@H](CCCOS(=O)(=O)c1ccc2ccccc2c1)C[C@@H](NC(c1ccccc1)(c1ccccc1)c1ccccc1)C(=O)O. The summed E-state index contributed by atoms with van der Waals surface area (Å²) in [5.74, 6) is -3.45. The highest BCUT2D eigenvalue weighted by atomic mass is 32.2. The van der Waals surface area contributed by atoms with E-state index in [0.717, 1.165) is 27.5 Å². The Kier molecular flexibility index (Phi) is 10.3. The Hall–Kier alpha value is -4.83. The Morgan fingerprint density at radius 3 is 1.67 bits per heavy atom. The number of carboxylic acids is 2. The third-order valence-electron chi connectivity index (χ3n) is 8.12. The Bertz CT molecular complexity index is 1780. The first-order chi connectivity index (χ1) is 22.2. The summed E-state index contributed by atoms with van der Waals surface area (Å²) in [5, 5.41) is 25.5. The van der Waals surface area contributed by atoms with E-state index in [2.05, 4.69) is 5.32 Å². The van der Waals surface area contributed by atoms with Gasteiger partial charge in [0, 0.05) is 0 Å². The third kappa shape index (κ3) is 7.34. The van der Waals surface area contributed by atoms with Gasteiger partial charge in [-0.25, -0.2) is 0 Å². The zero-order valence-corrected chi connectivity index (χ0v) is 25.8. The van der Waals surface area contributed by atoms with Gasteiger partial charge in [-0.15, -0.1) is 0 Å². The number of aliphatic carboxylic acids is 2. The molecule has 5 aromatic rings. The maximum absolute atomic E-state index is 12.9. The summed E-state index contributed by atoms with van der Waals surface area (Å²) in [5.41, 5.74) is 1.25.